The van der Waals surface area contributed by atoms with Crippen LogP contribution in [0.15, 0.2) is 35.2 Å². The van der Waals surface area contributed by atoms with Crippen LogP contribution in [-0.4, -0.2) is 34.8 Å². The molecule has 0 spiro atoms. The Kier molecular flexibility index (Phi) is 5.52. The molecular weight excluding hydrogens is 306 g/mol. The molecule has 0 bridgehead atoms. The van der Waals surface area contributed by atoms with Crippen LogP contribution in [0.1, 0.15) is 18.4 Å². The number of rotatable bonds is 5. The van der Waals surface area contributed by atoms with Crippen molar-refractivity contribution in [1.29, 1.82) is 0 Å². The lowest BCUT2D eigenvalue weighted by Gasteiger charge is -2.13. The molecule has 1 amide bonds. The minimum atomic E-state index is -0.278. The van der Waals surface area contributed by atoms with Gasteiger partial charge in [-0.1, -0.05) is 54.3 Å². The van der Waals surface area contributed by atoms with E-state index in [2.05, 4.69) is 4.74 Å². The summed E-state index contributed by atoms with van der Waals surface area (Å²) in [6.07, 6.45) is 2.66. The van der Waals surface area contributed by atoms with Crippen molar-refractivity contribution in [2.75, 3.05) is 13.7 Å². The second-order valence-electron chi connectivity index (χ2n) is 4.42. The van der Waals surface area contributed by atoms with Gasteiger partial charge >= 0.3 is 5.97 Å². The zero-order chi connectivity index (χ0) is 15.2. The van der Waals surface area contributed by atoms with Crippen molar-refractivity contribution in [3.63, 3.8) is 0 Å². The number of esters is 1. The molecule has 1 aliphatic rings. The fourth-order valence-corrected chi connectivity index (χ4v) is 3.19. The maximum atomic E-state index is 12.3. The Labute approximate surface area is 133 Å². The van der Waals surface area contributed by atoms with Crippen molar-refractivity contribution < 1.29 is 14.3 Å². The van der Waals surface area contributed by atoms with E-state index >= 15 is 0 Å². The third kappa shape index (κ3) is 4.15. The first-order valence-electron chi connectivity index (χ1n) is 6.49. The Morgan fingerprint density at radius 3 is 2.76 bits per heavy atom. The summed E-state index contributed by atoms with van der Waals surface area (Å²) in [5.74, 6) is -0.376. The molecule has 2 rings (SSSR count). The second kappa shape index (κ2) is 7.38. The third-order valence-electron chi connectivity index (χ3n) is 2.96. The lowest BCUT2D eigenvalue weighted by molar-refractivity contribution is -0.141. The number of methoxy groups -OCH3 is 1. The highest BCUT2D eigenvalue weighted by atomic mass is 32.2. The molecule has 4 nitrogen and oxygen atoms in total. The average Bonchev–Trinajstić information content (AvgIpc) is 2.75. The lowest BCUT2D eigenvalue weighted by Crippen LogP contribution is -2.29. The zero-order valence-corrected chi connectivity index (χ0v) is 13.2. The van der Waals surface area contributed by atoms with E-state index in [1.54, 1.807) is 0 Å². The Bertz CT molecular complexity index is 584. The average molecular weight is 321 g/mol. The SMILES string of the molecule is COC(=O)CCCN1C(=O)C(=Cc2ccccc2)SC1=S. The van der Waals surface area contributed by atoms with Gasteiger partial charge in [-0.05, 0) is 18.1 Å². The van der Waals surface area contributed by atoms with Crippen molar-refractivity contribution in [3.8, 4) is 0 Å². The number of thioether (sulfide) groups is 1. The summed E-state index contributed by atoms with van der Waals surface area (Å²) in [5.41, 5.74) is 0.965. The Balaban J connectivity index is 2.00. The number of nitrogens with zero attached hydrogens (tertiary/aromatic N) is 1. The van der Waals surface area contributed by atoms with Gasteiger partial charge in [0, 0.05) is 13.0 Å². The molecule has 6 heteroatoms. The highest BCUT2D eigenvalue weighted by molar-refractivity contribution is 8.26. The summed E-state index contributed by atoms with van der Waals surface area (Å²) in [6, 6.07) is 9.63. The van der Waals surface area contributed by atoms with Gasteiger partial charge in [0.1, 0.15) is 4.32 Å². The molecule has 0 N–H and O–H groups in total. The van der Waals surface area contributed by atoms with E-state index < -0.39 is 0 Å². The normalized spacial score (nSPS) is 16.6. The molecule has 1 aliphatic heterocycles. The van der Waals surface area contributed by atoms with Crippen molar-refractivity contribution in [2.24, 2.45) is 0 Å². The molecule has 1 saturated heterocycles. The molecule has 1 aromatic carbocycles. The standard InChI is InChI=1S/C15H15NO3S2/c1-19-13(17)8-5-9-16-14(18)12(21-15(16)20)10-11-6-3-2-4-7-11/h2-4,6-7,10H,5,8-9H2,1H3. The van der Waals surface area contributed by atoms with E-state index in [4.69, 9.17) is 12.2 Å². The molecule has 0 atom stereocenters. The van der Waals surface area contributed by atoms with Crippen LogP contribution in [0.5, 0.6) is 0 Å². The van der Waals surface area contributed by atoms with Gasteiger partial charge in [-0.3, -0.25) is 14.5 Å². The van der Waals surface area contributed by atoms with Crippen LogP contribution in [0.3, 0.4) is 0 Å². The Morgan fingerprint density at radius 2 is 2.10 bits per heavy atom. The maximum absolute atomic E-state index is 12.3. The first-order chi connectivity index (χ1) is 10.1. The molecular formula is C15H15NO3S2. The van der Waals surface area contributed by atoms with E-state index in [-0.39, 0.29) is 18.3 Å². The van der Waals surface area contributed by atoms with Crippen LogP contribution in [0.4, 0.5) is 0 Å². The smallest absolute Gasteiger partial charge is 0.305 e. The molecule has 0 radical (unpaired) electrons. The number of carbonyl (C=O) groups excluding carboxylic acids is 2. The maximum Gasteiger partial charge on any atom is 0.305 e. The van der Waals surface area contributed by atoms with E-state index in [0.29, 0.717) is 22.2 Å². The molecule has 0 aromatic heterocycles. The predicted molar refractivity (Wildman–Crippen MR) is 87.6 cm³/mol. The molecule has 1 fully saturated rings. The first-order valence-corrected chi connectivity index (χ1v) is 7.71. The van der Waals surface area contributed by atoms with Crippen molar-refractivity contribution in [2.45, 2.75) is 12.8 Å². The predicted octanol–water partition coefficient (Wildman–Crippen LogP) is 2.84. The highest BCUT2D eigenvalue weighted by Crippen LogP contribution is 2.32. The molecule has 110 valence electrons. The summed E-state index contributed by atoms with van der Waals surface area (Å²) in [4.78, 5) is 25.5. The van der Waals surface area contributed by atoms with Gasteiger partial charge in [0.05, 0.1) is 12.0 Å². The summed E-state index contributed by atoms with van der Waals surface area (Å²) >= 11 is 6.52. The van der Waals surface area contributed by atoms with Crippen LogP contribution in [0, 0.1) is 0 Å². The second-order valence-corrected chi connectivity index (χ2v) is 6.10. The van der Waals surface area contributed by atoms with Crippen LogP contribution in [0.25, 0.3) is 6.08 Å². The minimum Gasteiger partial charge on any atom is -0.469 e. The lowest BCUT2D eigenvalue weighted by atomic mass is 10.2. The topological polar surface area (TPSA) is 46.6 Å². The number of amides is 1. The summed E-state index contributed by atoms with van der Waals surface area (Å²) in [6.45, 7) is 0.436. The largest absolute Gasteiger partial charge is 0.469 e. The number of ether oxygens (including phenoxy) is 1. The van der Waals surface area contributed by atoms with E-state index in [9.17, 15) is 9.59 Å². The minimum absolute atomic E-state index is 0.0984. The van der Waals surface area contributed by atoms with E-state index in [0.717, 1.165) is 5.56 Å². The van der Waals surface area contributed by atoms with E-state index in [1.807, 2.05) is 36.4 Å². The highest BCUT2D eigenvalue weighted by Gasteiger charge is 2.31. The fourth-order valence-electron chi connectivity index (χ4n) is 1.88. The van der Waals surface area contributed by atoms with Gasteiger partial charge in [0.15, 0.2) is 0 Å². The number of thiocarbonyl (C=S) groups is 1. The molecule has 0 aliphatic carbocycles. The fraction of sp³-hybridized carbons (Fsp3) is 0.267. The Morgan fingerprint density at radius 1 is 1.38 bits per heavy atom. The summed E-state index contributed by atoms with van der Waals surface area (Å²) in [5, 5.41) is 0. The number of hydrogen-bond donors (Lipinski definition) is 0. The number of carbonyl (C=O) groups is 2. The molecule has 21 heavy (non-hydrogen) atoms. The van der Waals surface area contributed by atoms with Crippen LogP contribution < -0.4 is 0 Å². The van der Waals surface area contributed by atoms with Crippen LogP contribution >= 0.6 is 24.0 Å². The molecule has 0 saturated carbocycles. The third-order valence-corrected chi connectivity index (χ3v) is 4.34. The van der Waals surface area contributed by atoms with Crippen molar-refractivity contribution >= 4 is 46.3 Å². The van der Waals surface area contributed by atoms with Crippen molar-refractivity contribution in [3.05, 3.63) is 40.8 Å². The summed E-state index contributed by atoms with van der Waals surface area (Å²) in [7, 11) is 1.35. The van der Waals surface area contributed by atoms with Gasteiger partial charge in [-0.15, -0.1) is 0 Å². The number of benzene rings is 1. The Hall–Kier alpha value is -1.66. The quantitative estimate of drug-likeness (QED) is 0.474. The van der Waals surface area contributed by atoms with Gasteiger partial charge < -0.3 is 4.74 Å². The van der Waals surface area contributed by atoms with Gasteiger partial charge in [0.2, 0.25) is 0 Å². The number of hydrogen-bond acceptors (Lipinski definition) is 5. The van der Waals surface area contributed by atoms with Crippen LogP contribution in [-0.2, 0) is 14.3 Å². The van der Waals surface area contributed by atoms with Crippen molar-refractivity contribution in [1.82, 2.24) is 4.90 Å². The molecule has 1 heterocycles. The zero-order valence-electron chi connectivity index (χ0n) is 11.6. The molecule has 1 aromatic rings. The summed E-state index contributed by atoms with van der Waals surface area (Å²) < 4.78 is 5.11. The molecule has 0 unspecified atom stereocenters. The first kappa shape index (κ1) is 15.7. The van der Waals surface area contributed by atoms with Gasteiger partial charge in [0.25, 0.3) is 5.91 Å². The van der Waals surface area contributed by atoms with E-state index in [1.165, 1.54) is 23.8 Å². The van der Waals surface area contributed by atoms with Crippen LogP contribution in [0.2, 0.25) is 0 Å². The van der Waals surface area contributed by atoms with Gasteiger partial charge in [-0.25, -0.2) is 0 Å². The van der Waals surface area contributed by atoms with Gasteiger partial charge in [-0.2, -0.15) is 0 Å². The monoisotopic (exact) mass is 321 g/mol.